The third-order valence-electron chi connectivity index (χ3n) is 5.91. The lowest BCUT2D eigenvalue weighted by molar-refractivity contribution is 0.403. The standard InChI is InChI=1S/C25H28N4O2/c1-17-14-15-28-20(13-12-18-8-6-7-9-18)22(23(17)26)24(27-2)25-21(16-29-31-25)30-19-10-4-3-5-11-19/h3-5,10-11,15-16,18H,6-9,12-13,26H2,1-2H3/b27-24+. The van der Waals surface area contributed by atoms with Crippen molar-refractivity contribution in [1.29, 1.82) is 0 Å². The summed E-state index contributed by atoms with van der Waals surface area (Å²) in [5, 5.41) is 3.97. The van der Waals surface area contributed by atoms with Crippen molar-refractivity contribution in [2.45, 2.75) is 45.4 Å². The van der Waals surface area contributed by atoms with E-state index in [0.717, 1.165) is 35.6 Å². The molecule has 0 unspecified atom stereocenters. The molecule has 2 N–H and O–H groups in total. The first-order chi connectivity index (χ1) is 15.2. The van der Waals surface area contributed by atoms with Gasteiger partial charge in [0.2, 0.25) is 5.76 Å². The Labute approximate surface area is 182 Å². The maximum Gasteiger partial charge on any atom is 0.227 e. The van der Waals surface area contributed by atoms with Crippen LogP contribution in [0.2, 0.25) is 0 Å². The van der Waals surface area contributed by atoms with E-state index in [1.54, 1.807) is 19.4 Å². The minimum atomic E-state index is 0.438. The van der Waals surface area contributed by atoms with Crippen LogP contribution in [0.25, 0.3) is 0 Å². The number of nitrogens with two attached hydrogens (primary N) is 1. The van der Waals surface area contributed by atoms with E-state index in [9.17, 15) is 0 Å². The van der Waals surface area contributed by atoms with Crippen molar-refractivity contribution in [2.75, 3.05) is 7.05 Å². The third kappa shape index (κ3) is 4.70. The number of ether oxygens (including phenoxy) is 1. The largest absolute Gasteiger partial charge is 0.451 e. The van der Waals surface area contributed by atoms with Crippen LogP contribution in [0.3, 0.4) is 0 Å². The Kier molecular flexibility index (Phi) is 6.48. The Morgan fingerprint density at radius 2 is 2.03 bits per heavy atom. The molecule has 0 radical (unpaired) electrons. The van der Waals surface area contributed by atoms with Crippen molar-refractivity contribution in [2.24, 2.45) is 21.6 Å². The fourth-order valence-corrected chi connectivity index (χ4v) is 4.19. The van der Waals surface area contributed by atoms with Gasteiger partial charge in [-0.2, -0.15) is 0 Å². The molecule has 4 rings (SSSR count). The summed E-state index contributed by atoms with van der Waals surface area (Å²) in [7, 11) is 1.72. The second kappa shape index (κ2) is 9.63. The minimum absolute atomic E-state index is 0.438. The van der Waals surface area contributed by atoms with E-state index in [1.165, 1.54) is 25.7 Å². The Morgan fingerprint density at radius 3 is 2.77 bits per heavy atom. The average molecular weight is 417 g/mol. The number of allylic oxidation sites excluding steroid dienone is 2. The Balaban J connectivity index is 1.67. The van der Waals surface area contributed by atoms with Gasteiger partial charge < -0.3 is 15.0 Å². The van der Waals surface area contributed by atoms with E-state index in [0.29, 0.717) is 28.7 Å². The molecule has 2 aliphatic rings. The SMILES string of the molecule is C/N=C(\C1=C(N)C(C)=C=CN=C1CCC1CCCC1)c1oncc1Oc1ccccc1. The van der Waals surface area contributed by atoms with Gasteiger partial charge in [0.1, 0.15) is 17.7 Å². The van der Waals surface area contributed by atoms with Crippen LogP contribution >= 0.6 is 0 Å². The highest BCUT2D eigenvalue weighted by Crippen LogP contribution is 2.32. The summed E-state index contributed by atoms with van der Waals surface area (Å²) >= 11 is 0. The minimum Gasteiger partial charge on any atom is -0.451 e. The second-order valence-corrected chi connectivity index (χ2v) is 7.96. The van der Waals surface area contributed by atoms with Gasteiger partial charge >= 0.3 is 0 Å². The van der Waals surface area contributed by atoms with Crippen molar-refractivity contribution in [1.82, 2.24) is 5.16 Å². The molecule has 0 amide bonds. The molecule has 31 heavy (non-hydrogen) atoms. The monoisotopic (exact) mass is 416 g/mol. The molecule has 0 atom stereocenters. The lowest BCUT2D eigenvalue weighted by Crippen LogP contribution is -2.21. The number of rotatable bonds is 7. The molecule has 1 aliphatic carbocycles. The Morgan fingerprint density at radius 1 is 1.26 bits per heavy atom. The molecule has 1 fully saturated rings. The van der Waals surface area contributed by atoms with Gasteiger partial charge in [-0.1, -0.05) is 54.8 Å². The predicted molar refractivity (Wildman–Crippen MR) is 123 cm³/mol. The summed E-state index contributed by atoms with van der Waals surface area (Å²) in [4.78, 5) is 9.24. The lowest BCUT2D eigenvalue weighted by Gasteiger charge is -2.16. The fraction of sp³-hybridized carbons (Fsp3) is 0.360. The van der Waals surface area contributed by atoms with Crippen LogP contribution in [0.4, 0.5) is 0 Å². The van der Waals surface area contributed by atoms with Crippen LogP contribution in [0.5, 0.6) is 11.5 Å². The first-order valence-corrected chi connectivity index (χ1v) is 10.8. The number of aliphatic imine (C=N–C) groups is 2. The molecule has 160 valence electrons. The molecule has 0 saturated heterocycles. The summed E-state index contributed by atoms with van der Waals surface area (Å²) in [6.07, 6.45) is 10.4. The summed E-state index contributed by atoms with van der Waals surface area (Å²) in [6.45, 7) is 1.93. The molecule has 1 saturated carbocycles. The van der Waals surface area contributed by atoms with Gasteiger partial charge in [-0.05, 0) is 37.8 Å². The summed E-state index contributed by atoms with van der Waals surface area (Å²) in [5.41, 5.74) is 13.4. The number of hydrogen-bond donors (Lipinski definition) is 1. The molecule has 1 aromatic heterocycles. The molecule has 2 heterocycles. The first kappa shape index (κ1) is 20.9. The predicted octanol–water partition coefficient (Wildman–Crippen LogP) is 5.58. The van der Waals surface area contributed by atoms with Gasteiger partial charge in [0.25, 0.3) is 0 Å². The van der Waals surface area contributed by atoms with E-state index >= 15 is 0 Å². The van der Waals surface area contributed by atoms with E-state index in [-0.39, 0.29) is 0 Å². The highest BCUT2D eigenvalue weighted by atomic mass is 16.5. The molecule has 2 aromatic rings. The smallest absolute Gasteiger partial charge is 0.227 e. The highest BCUT2D eigenvalue weighted by Gasteiger charge is 2.28. The van der Waals surface area contributed by atoms with E-state index in [4.69, 9.17) is 20.0 Å². The molecule has 0 spiro atoms. The van der Waals surface area contributed by atoms with E-state index in [1.807, 2.05) is 37.3 Å². The quantitative estimate of drug-likeness (QED) is 0.471. The van der Waals surface area contributed by atoms with Crippen LogP contribution < -0.4 is 10.5 Å². The van der Waals surface area contributed by atoms with Crippen molar-refractivity contribution >= 4 is 11.4 Å². The average Bonchev–Trinajstić information content (AvgIpc) is 3.44. The molecule has 1 aromatic carbocycles. The molecule has 0 bridgehead atoms. The third-order valence-corrected chi connectivity index (χ3v) is 5.91. The molecule has 6 heteroatoms. The zero-order chi connectivity index (χ0) is 21.6. The molecular formula is C25H28N4O2. The van der Waals surface area contributed by atoms with Crippen LogP contribution in [0, 0.1) is 5.92 Å². The number of benzene rings is 1. The van der Waals surface area contributed by atoms with Crippen LogP contribution in [-0.2, 0) is 0 Å². The summed E-state index contributed by atoms with van der Waals surface area (Å²) in [5.74, 6) is 2.36. The van der Waals surface area contributed by atoms with Crippen molar-refractivity contribution in [3.63, 3.8) is 0 Å². The van der Waals surface area contributed by atoms with Gasteiger partial charge in [0.15, 0.2) is 5.75 Å². The molecular weight excluding hydrogens is 388 g/mol. The van der Waals surface area contributed by atoms with Crippen LogP contribution in [0.15, 0.2) is 79.8 Å². The highest BCUT2D eigenvalue weighted by molar-refractivity contribution is 6.30. The number of para-hydroxylation sites is 1. The number of nitrogens with zero attached hydrogens (tertiary/aromatic N) is 3. The number of aromatic nitrogens is 1. The second-order valence-electron chi connectivity index (χ2n) is 7.96. The first-order valence-electron chi connectivity index (χ1n) is 10.8. The van der Waals surface area contributed by atoms with Gasteiger partial charge in [0.05, 0.1) is 17.6 Å². The van der Waals surface area contributed by atoms with Gasteiger partial charge in [0, 0.05) is 18.2 Å². The van der Waals surface area contributed by atoms with Crippen molar-refractivity contribution in [3.05, 3.63) is 71.1 Å². The Bertz CT molecular complexity index is 1080. The van der Waals surface area contributed by atoms with Crippen LogP contribution in [0.1, 0.15) is 51.2 Å². The Hall–Kier alpha value is -3.37. The molecule has 6 nitrogen and oxygen atoms in total. The maximum atomic E-state index is 6.58. The topological polar surface area (TPSA) is 86.0 Å². The van der Waals surface area contributed by atoms with Gasteiger partial charge in [-0.15, -0.1) is 0 Å². The zero-order valence-electron chi connectivity index (χ0n) is 18.1. The number of hydrogen-bond acceptors (Lipinski definition) is 6. The van der Waals surface area contributed by atoms with Crippen LogP contribution in [-0.4, -0.2) is 23.6 Å². The van der Waals surface area contributed by atoms with Gasteiger partial charge in [-0.3, -0.25) is 9.98 Å². The van der Waals surface area contributed by atoms with E-state index < -0.39 is 0 Å². The van der Waals surface area contributed by atoms with Crippen molar-refractivity contribution in [3.8, 4) is 11.5 Å². The molecule has 1 aliphatic heterocycles. The normalized spacial score (nSPS) is 17.5. The zero-order valence-corrected chi connectivity index (χ0v) is 18.1. The summed E-state index contributed by atoms with van der Waals surface area (Å²) in [6, 6.07) is 9.52. The van der Waals surface area contributed by atoms with Crippen molar-refractivity contribution < 1.29 is 9.26 Å². The maximum absolute atomic E-state index is 6.58. The lowest BCUT2D eigenvalue weighted by atomic mass is 9.91. The van der Waals surface area contributed by atoms with E-state index in [2.05, 4.69) is 15.9 Å². The summed E-state index contributed by atoms with van der Waals surface area (Å²) < 4.78 is 11.6. The fourth-order valence-electron chi connectivity index (χ4n) is 4.19. The van der Waals surface area contributed by atoms with Gasteiger partial charge in [-0.25, -0.2) is 0 Å².